The van der Waals surface area contributed by atoms with Gasteiger partial charge in [-0.1, -0.05) is 19.1 Å². The summed E-state index contributed by atoms with van der Waals surface area (Å²) in [6.07, 6.45) is -1.19. The Hall–Kier alpha value is -0.940. The van der Waals surface area contributed by atoms with Crippen molar-refractivity contribution in [1.29, 1.82) is 0 Å². The molecule has 1 aromatic carbocycles. The zero-order valence-electron chi connectivity index (χ0n) is 9.22. The second kappa shape index (κ2) is 4.93. The van der Waals surface area contributed by atoms with Crippen molar-refractivity contribution in [2.24, 2.45) is 0 Å². The Morgan fingerprint density at radius 3 is 2.56 bits per heavy atom. The van der Waals surface area contributed by atoms with Gasteiger partial charge in [0.1, 0.15) is 5.82 Å². The Kier molecular flexibility index (Phi) is 4.04. The van der Waals surface area contributed by atoms with Crippen molar-refractivity contribution in [2.45, 2.75) is 25.2 Å². The molecule has 0 aromatic heterocycles. The Morgan fingerprint density at radius 2 is 2.06 bits per heavy atom. The van der Waals surface area contributed by atoms with Crippen LogP contribution in [0.4, 0.5) is 4.39 Å². The number of aliphatic hydroxyl groups is 1. The fourth-order valence-corrected chi connectivity index (χ4v) is 2.50. The molecule has 0 unspecified atom stereocenters. The molecule has 3 nitrogen and oxygen atoms in total. The van der Waals surface area contributed by atoms with E-state index in [2.05, 4.69) is 0 Å². The predicted octanol–water partition coefficient (Wildman–Crippen LogP) is 1.68. The van der Waals surface area contributed by atoms with Crippen molar-refractivity contribution in [3.05, 3.63) is 35.6 Å². The van der Waals surface area contributed by atoms with Gasteiger partial charge in [0.25, 0.3) is 0 Å². The maximum Gasteiger partial charge on any atom is 0.155 e. The van der Waals surface area contributed by atoms with Crippen molar-refractivity contribution in [3.8, 4) is 0 Å². The summed E-state index contributed by atoms with van der Waals surface area (Å²) >= 11 is 0. The molecule has 1 N–H and O–H groups in total. The molecule has 0 aliphatic carbocycles. The van der Waals surface area contributed by atoms with Gasteiger partial charge < -0.3 is 5.11 Å². The molecular formula is C11H15FO3S. The molecule has 0 fully saturated rings. The quantitative estimate of drug-likeness (QED) is 0.879. The lowest BCUT2D eigenvalue weighted by Gasteiger charge is -2.18. The van der Waals surface area contributed by atoms with Crippen molar-refractivity contribution >= 4 is 9.84 Å². The molecule has 0 bridgehead atoms. The fraction of sp³-hybridized carbons (Fsp3) is 0.455. The van der Waals surface area contributed by atoms with Crippen LogP contribution in [-0.2, 0) is 9.84 Å². The predicted molar refractivity (Wildman–Crippen MR) is 60.3 cm³/mol. The fourth-order valence-electron chi connectivity index (χ4n) is 1.42. The Balaban J connectivity index is 2.99. The summed E-state index contributed by atoms with van der Waals surface area (Å²) in [6, 6.07) is 5.34. The van der Waals surface area contributed by atoms with E-state index in [1.165, 1.54) is 32.0 Å². The lowest BCUT2D eigenvalue weighted by Crippen LogP contribution is -2.26. The van der Waals surface area contributed by atoms with Crippen molar-refractivity contribution < 1.29 is 17.9 Å². The third kappa shape index (κ3) is 2.80. The SMILES string of the molecule is CCS(=O)(=O)[C@@H](C)[C@H](O)c1cccc(F)c1. The minimum atomic E-state index is -3.33. The van der Waals surface area contributed by atoms with Crippen LogP contribution in [0.5, 0.6) is 0 Å². The lowest BCUT2D eigenvalue weighted by molar-refractivity contribution is 0.175. The highest BCUT2D eigenvalue weighted by Gasteiger charge is 2.27. The second-order valence-electron chi connectivity index (χ2n) is 3.66. The zero-order valence-corrected chi connectivity index (χ0v) is 10.0. The molecular weight excluding hydrogens is 231 g/mol. The highest BCUT2D eigenvalue weighted by atomic mass is 32.2. The van der Waals surface area contributed by atoms with Crippen LogP contribution in [0, 0.1) is 5.82 Å². The Morgan fingerprint density at radius 1 is 1.44 bits per heavy atom. The van der Waals surface area contributed by atoms with E-state index in [4.69, 9.17) is 0 Å². The van der Waals surface area contributed by atoms with Crippen molar-refractivity contribution in [1.82, 2.24) is 0 Å². The molecule has 0 saturated carbocycles. The molecule has 2 atom stereocenters. The van der Waals surface area contributed by atoms with Crippen LogP contribution >= 0.6 is 0 Å². The van der Waals surface area contributed by atoms with Crippen LogP contribution in [0.3, 0.4) is 0 Å². The number of rotatable bonds is 4. The molecule has 1 aromatic rings. The maximum atomic E-state index is 12.9. The number of halogens is 1. The van der Waals surface area contributed by atoms with E-state index in [-0.39, 0.29) is 11.3 Å². The van der Waals surface area contributed by atoms with E-state index < -0.39 is 27.0 Å². The molecule has 0 radical (unpaired) electrons. The van der Waals surface area contributed by atoms with Gasteiger partial charge in [0.05, 0.1) is 11.4 Å². The summed E-state index contributed by atoms with van der Waals surface area (Å²) in [5.74, 6) is -0.529. The first-order chi connectivity index (χ1) is 7.38. The van der Waals surface area contributed by atoms with E-state index in [1.807, 2.05) is 0 Å². The molecule has 0 aliphatic rings. The van der Waals surface area contributed by atoms with Crippen molar-refractivity contribution in [3.63, 3.8) is 0 Å². The maximum absolute atomic E-state index is 12.9. The summed E-state index contributed by atoms with van der Waals surface area (Å²) in [5, 5.41) is 8.90. The first kappa shape index (κ1) is 13.1. The minimum absolute atomic E-state index is 0.0411. The zero-order chi connectivity index (χ0) is 12.3. The molecule has 0 spiro atoms. The van der Waals surface area contributed by atoms with Crippen LogP contribution in [-0.4, -0.2) is 24.5 Å². The standard InChI is InChI=1S/C11H15FO3S/c1-3-16(14,15)8(2)11(13)9-5-4-6-10(12)7-9/h4-8,11,13H,3H2,1-2H3/t8-,11-/m0/s1. The monoisotopic (exact) mass is 246 g/mol. The number of benzene rings is 1. The first-order valence-corrected chi connectivity index (χ1v) is 6.75. The van der Waals surface area contributed by atoms with E-state index >= 15 is 0 Å². The van der Waals surface area contributed by atoms with E-state index in [1.54, 1.807) is 0 Å². The molecule has 0 saturated heterocycles. The van der Waals surface area contributed by atoms with Crippen molar-refractivity contribution in [2.75, 3.05) is 5.75 Å². The largest absolute Gasteiger partial charge is 0.387 e. The van der Waals surface area contributed by atoms with E-state index in [0.29, 0.717) is 0 Å². The van der Waals surface area contributed by atoms with Gasteiger partial charge in [0.15, 0.2) is 9.84 Å². The van der Waals surface area contributed by atoms with Crippen LogP contribution in [0.15, 0.2) is 24.3 Å². The topological polar surface area (TPSA) is 54.4 Å². The summed E-state index contributed by atoms with van der Waals surface area (Å²) in [5.41, 5.74) is 0.282. The molecule has 5 heteroatoms. The molecule has 16 heavy (non-hydrogen) atoms. The van der Waals surface area contributed by atoms with Crippen LogP contribution in [0.2, 0.25) is 0 Å². The lowest BCUT2D eigenvalue weighted by atomic mass is 10.1. The average molecular weight is 246 g/mol. The molecule has 0 heterocycles. The summed E-state index contributed by atoms with van der Waals surface area (Å²) in [6.45, 7) is 2.94. The minimum Gasteiger partial charge on any atom is -0.387 e. The third-order valence-corrected chi connectivity index (χ3v) is 4.80. The highest BCUT2D eigenvalue weighted by molar-refractivity contribution is 7.92. The van der Waals surface area contributed by atoms with E-state index in [0.717, 1.165) is 6.07 Å². The normalized spacial score (nSPS) is 15.8. The molecule has 0 aliphatic heterocycles. The van der Waals surface area contributed by atoms with Gasteiger partial charge in [0, 0.05) is 5.75 Å². The Labute approximate surface area is 94.8 Å². The van der Waals surface area contributed by atoms with Gasteiger partial charge in [-0.05, 0) is 24.6 Å². The van der Waals surface area contributed by atoms with Gasteiger partial charge in [-0.3, -0.25) is 0 Å². The number of hydrogen-bond donors (Lipinski definition) is 1. The summed E-state index contributed by atoms with van der Waals surface area (Å²) in [7, 11) is -3.33. The van der Waals surface area contributed by atoms with Gasteiger partial charge >= 0.3 is 0 Å². The first-order valence-electron chi connectivity index (χ1n) is 5.03. The third-order valence-electron chi connectivity index (χ3n) is 2.60. The average Bonchev–Trinajstić information content (AvgIpc) is 2.27. The van der Waals surface area contributed by atoms with Crippen LogP contribution in [0.25, 0.3) is 0 Å². The summed E-state index contributed by atoms with van der Waals surface area (Å²) in [4.78, 5) is 0. The molecule has 90 valence electrons. The second-order valence-corrected chi connectivity index (χ2v) is 6.30. The van der Waals surface area contributed by atoms with Crippen LogP contribution in [0.1, 0.15) is 25.5 Å². The van der Waals surface area contributed by atoms with Gasteiger partial charge in [-0.2, -0.15) is 0 Å². The number of aliphatic hydroxyl groups excluding tert-OH is 1. The highest BCUT2D eigenvalue weighted by Crippen LogP contribution is 2.22. The number of sulfone groups is 1. The van der Waals surface area contributed by atoms with Crippen LogP contribution < -0.4 is 0 Å². The molecule has 0 amide bonds. The van der Waals surface area contributed by atoms with Gasteiger partial charge in [0.2, 0.25) is 0 Å². The number of hydrogen-bond acceptors (Lipinski definition) is 3. The van der Waals surface area contributed by atoms with Gasteiger partial charge in [-0.25, -0.2) is 12.8 Å². The molecule has 1 rings (SSSR count). The Bertz CT molecular complexity index is 456. The van der Waals surface area contributed by atoms with E-state index in [9.17, 15) is 17.9 Å². The van der Waals surface area contributed by atoms with Gasteiger partial charge in [-0.15, -0.1) is 0 Å². The summed E-state index contributed by atoms with van der Waals surface area (Å²) < 4.78 is 36.0. The smallest absolute Gasteiger partial charge is 0.155 e.